The summed E-state index contributed by atoms with van der Waals surface area (Å²) >= 11 is 0. The second kappa shape index (κ2) is 8.42. The van der Waals surface area contributed by atoms with Crippen LogP contribution in [0.2, 0.25) is 0 Å². The normalized spacial score (nSPS) is 13.9. The van der Waals surface area contributed by atoms with Crippen molar-refractivity contribution in [3.8, 4) is 0 Å². The number of hydrogen-bond acceptors (Lipinski definition) is 6. The van der Waals surface area contributed by atoms with Crippen molar-refractivity contribution in [2.24, 2.45) is 0 Å². The molecular formula is C10H19O6P. The van der Waals surface area contributed by atoms with Gasteiger partial charge in [0.2, 0.25) is 0 Å². The maximum absolute atomic E-state index is 11.9. The van der Waals surface area contributed by atoms with Crippen molar-refractivity contribution in [2.45, 2.75) is 26.9 Å². The van der Waals surface area contributed by atoms with Crippen molar-refractivity contribution in [1.82, 2.24) is 0 Å². The molecule has 6 nitrogen and oxygen atoms in total. The highest BCUT2D eigenvalue weighted by Gasteiger charge is 2.27. The Balaban J connectivity index is 4.40. The molecule has 0 radical (unpaired) electrons. The average molecular weight is 266 g/mol. The molecule has 0 heterocycles. The lowest BCUT2D eigenvalue weighted by molar-refractivity contribution is -0.134. The second-order valence-electron chi connectivity index (χ2n) is 2.98. The fourth-order valence-electron chi connectivity index (χ4n) is 0.935. The van der Waals surface area contributed by atoms with Gasteiger partial charge >= 0.3 is 13.8 Å². The summed E-state index contributed by atoms with van der Waals surface area (Å²) in [5.41, 5.74) is 0. The SMILES string of the molecule is CCOP(=O)(OCC)O[C@@H](C)/C=C\C(=O)OC. The van der Waals surface area contributed by atoms with E-state index in [9.17, 15) is 9.36 Å². The van der Waals surface area contributed by atoms with E-state index >= 15 is 0 Å². The molecule has 0 saturated heterocycles. The van der Waals surface area contributed by atoms with E-state index in [1.54, 1.807) is 20.8 Å². The first-order chi connectivity index (χ1) is 7.97. The lowest BCUT2D eigenvalue weighted by Crippen LogP contribution is -2.08. The van der Waals surface area contributed by atoms with Crippen LogP contribution in [0.25, 0.3) is 0 Å². The van der Waals surface area contributed by atoms with Crippen LogP contribution in [-0.4, -0.2) is 32.4 Å². The third-order valence-electron chi connectivity index (χ3n) is 1.57. The number of carbonyl (C=O) groups excluding carboxylic acids is 1. The zero-order chi connectivity index (χ0) is 13.3. The molecule has 0 aromatic carbocycles. The molecule has 17 heavy (non-hydrogen) atoms. The molecule has 0 aromatic heterocycles. The monoisotopic (exact) mass is 266 g/mol. The van der Waals surface area contributed by atoms with Crippen LogP contribution in [-0.2, 0) is 27.7 Å². The predicted molar refractivity (Wildman–Crippen MR) is 62.6 cm³/mol. The van der Waals surface area contributed by atoms with Gasteiger partial charge in [0.05, 0.1) is 26.4 Å². The molecule has 0 fully saturated rings. The van der Waals surface area contributed by atoms with Crippen molar-refractivity contribution >= 4 is 13.8 Å². The van der Waals surface area contributed by atoms with E-state index in [-0.39, 0.29) is 13.2 Å². The molecule has 0 unspecified atom stereocenters. The highest BCUT2D eigenvalue weighted by molar-refractivity contribution is 7.48. The summed E-state index contributed by atoms with van der Waals surface area (Å²) in [5, 5.41) is 0. The zero-order valence-corrected chi connectivity index (χ0v) is 11.4. The Morgan fingerprint density at radius 3 is 2.24 bits per heavy atom. The maximum Gasteiger partial charge on any atom is 0.475 e. The summed E-state index contributed by atoms with van der Waals surface area (Å²) in [5.74, 6) is -0.511. The van der Waals surface area contributed by atoms with Gasteiger partial charge in [-0.25, -0.2) is 9.36 Å². The fourth-order valence-corrected chi connectivity index (χ4v) is 2.24. The molecule has 0 rings (SSSR count). The van der Waals surface area contributed by atoms with Crippen molar-refractivity contribution in [2.75, 3.05) is 20.3 Å². The Kier molecular flexibility index (Phi) is 8.08. The van der Waals surface area contributed by atoms with Crippen LogP contribution >= 0.6 is 7.82 Å². The number of phosphoric ester groups is 1. The molecule has 0 aromatic rings. The van der Waals surface area contributed by atoms with Gasteiger partial charge in [0.1, 0.15) is 0 Å². The Bertz CT molecular complexity index is 291. The van der Waals surface area contributed by atoms with Gasteiger partial charge in [-0.3, -0.25) is 13.6 Å². The molecule has 0 aliphatic heterocycles. The molecule has 0 bridgehead atoms. The molecule has 0 amide bonds. The largest absolute Gasteiger partial charge is 0.475 e. The third-order valence-corrected chi connectivity index (χ3v) is 3.31. The standard InChI is InChI=1S/C10H19O6P/c1-5-14-17(12,15-6-2)16-9(3)7-8-10(11)13-4/h7-9H,5-6H2,1-4H3/b8-7-/t9-/m0/s1. The Morgan fingerprint density at radius 1 is 1.29 bits per heavy atom. The quantitative estimate of drug-likeness (QED) is 0.381. The van der Waals surface area contributed by atoms with Gasteiger partial charge in [-0.05, 0) is 26.8 Å². The molecule has 100 valence electrons. The number of ether oxygens (including phenoxy) is 1. The Morgan fingerprint density at radius 2 is 1.82 bits per heavy atom. The highest BCUT2D eigenvalue weighted by atomic mass is 31.2. The summed E-state index contributed by atoms with van der Waals surface area (Å²) in [6, 6.07) is 0. The van der Waals surface area contributed by atoms with E-state index in [4.69, 9.17) is 13.6 Å². The molecule has 0 N–H and O–H groups in total. The minimum atomic E-state index is -3.55. The van der Waals surface area contributed by atoms with Gasteiger partial charge in [-0.15, -0.1) is 0 Å². The van der Waals surface area contributed by atoms with Crippen molar-refractivity contribution in [1.29, 1.82) is 0 Å². The molecule has 0 saturated carbocycles. The summed E-state index contributed by atoms with van der Waals surface area (Å²) in [7, 11) is -2.28. The van der Waals surface area contributed by atoms with Crippen molar-refractivity contribution in [3.05, 3.63) is 12.2 Å². The van der Waals surface area contributed by atoms with E-state index in [2.05, 4.69) is 4.74 Å². The van der Waals surface area contributed by atoms with Gasteiger partial charge in [0, 0.05) is 6.08 Å². The third kappa shape index (κ3) is 7.28. The summed E-state index contributed by atoms with van der Waals surface area (Å²) in [4.78, 5) is 10.8. The number of esters is 1. The highest BCUT2D eigenvalue weighted by Crippen LogP contribution is 2.50. The topological polar surface area (TPSA) is 71.1 Å². The van der Waals surface area contributed by atoms with E-state index in [1.807, 2.05) is 0 Å². The fraction of sp³-hybridized carbons (Fsp3) is 0.700. The van der Waals surface area contributed by atoms with Gasteiger partial charge in [0.15, 0.2) is 0 Å². The van der Waals surface area contributed by atoms with E-state index in [0.29, 0.717) is 0 Å². The van der Waals surface area contributed by atoms with Crippen LogP contribution in [0, 0.1) is 0 Å². The second-order valence-corrected chi connectivity index (χ2v) is 4.60. The number of hydrogen-bond donors (Lipinski definition) is 0. The summed E-state index contributed by atoms with van der Waals surface area (Å²) < 4.78 is 31.3. The average Bonchev–Trinajstić information content (AvgIpc) is 2.26. The van der Waals surface area contributed by atoms with Gasteiger partial charge < -0.3 is 4.74 Å². The lowest BCUT2D eigenvalue weighted by atomic mass is 10.3. The van der Waals surface area contributed by atoms with E-state index in [1.165, 1.54) is 19.3 Å². The van der Waals surface area contributed by atoms with Crippen LogP contribution in [0.3, 0.4) is 0 Å². The number of phosphoric acid groups is 1. The molecular weight excluding hydrogens is 247 g/mol. The first-order valence-corrected chi connectivity index (χ1v) is 6.77. The zero-order valence-electron chi connectivity index (χ0n) is 10.5. The van der Waals surface area contributed by atoms with Gasteiger partial charge in [0.25, 0.3) is 0 Å². The van der Waals surface area contributed by atoms with Crippen molar-refractivity contribution in [3.63, 3.8) is 0 Å². The van der Waals surface area contributed by atoms with Crippen LogP contribution < -0.4 is 0 Å². The Labute approximate surface area is 101 Å². The van der Waals surface area contributed by atoms with Gasteiger partial charge in [-0.2, -0.15) is 0 Å². The Hall–Kier alpha value is -0.680. The number of carbonyl (C=O) groups is 1. The number of methoxy groups -OCH3 is 1. The molecule has 1 atom stereocenters. The molecule has 7 heteroatoms. The first-order valence-electron chi connectivity index (χ1n) is 5.31. The summed E-state index contributed by atoms with van der Waals surface area (Å²) in [6.07, 6.45) is 2.02. The minimum absolute atomic E-state index is 0.213. The lowest BCUT2D eigenvalue weighted by Gasteiger charge is -2.18. The molecule has 0 aliphatic rings. The molecule has 0 aliphatic carbocycles. The van der Waals surface area contributed by atoms with Crippen molar-refractivity contribution < 1.29 is 27.7 Å². The number of rotatable bonds is 8. The van der Waals surface area contributed by atoms with E-state index < -0.39 is 19.9 Å². The van der Waals surface area contributed by atoms with Crippen LogP contribution in [0.15, 0.2) is 12.2 Å². The summed E-state index contributed by atoms with van der Waals surface area (Å²) in [6.45, 7) is 5.41. The van der Waals surface area contributed by atoms with Crippen LogP contribution in [0.5, 0.6) is 0 Å². The van der Waals surface area contributed by atoms with E-state index in [0.717, 1.165) is 0 Å². The smallest absolute Gasteiger partial charge is 0.466 e. The molecule has 0 spiro atoms. The van der Waals surface area contributed by atoms with Crippen LogP contribution in [0.4, 0.5) is 0 Å². The van der Waals surface area contributed by atoms with Crippen LogP contribution in [0.1, 0.15) is 20.8 Å². The predicted octanol–water partition coefficient (Wildman–Crippen LogP) is 2.30. The minimum Gasteiger partial charge on any atom is -0.466 e. The maximum atomic E-state index is 11.9. The van der Waals surface area contributed by atoms with Gasteiger partial charge in [-0.1, -0.05) is 0 Å². The first kappa shape index (κ1) is 16.3.